The molecule has 0 saturated heterocycles. The second-order valence-electron chi connectivity index (χ2n) is 3.41. The van der Waals surface area contributed by atoms with E-state index < -0.39 is 11.9 Å². The number of carbonyl (C=O) groups excluding carboxylic acids is 1. The van der Waals surface area contributed by atoms with Crippen LogP contribution in [-0.4, -0.2) is 37.4 Å². The summed E-state index contributed by atoms with van der Waals surface area (Å²) in [6, 6.07) is 2.40. The Morgan fingerprint density at radius 3 is 1.59 bits per heavy atom. The summed E-state index contributed by atoms with van der Waals surface area (Å²) in [7, 11) is 0. The first-order valence-corrected chi connectivity index (χ1v) is 6.64. The number of hydrogen-bond acceptors (Lipinski definition) is 6. The molecule has 2 heterocycles. The summed E-state index contributed by atoms with van der Waals surface area (Å²) < 4.78 is 0. The van der Waals surface area contributed by atoms with Gasteiger partial charge < -0.3 is 10.8 Å². The summed E-state index contributed by atoms with van der Waals surface area (Å²) in [5.41, 5.74) is 4.86. The maximum Gasteiger partial charge on any atom is 0.339 e. The molecule has 116 valence electrons. The van der Waals surface area contributed by atoms with Gasteiger partial charge in [-0.15, -0.1) is 20.4 Å². The minimum atomic E-state index is -1.17. The lowest BCUT2D eigenvalue weighted by Gasteiger charge is -1.95. The van der Waals surface area contributed by atoms with Crippen LogP contribution in [0.1, 0.15) is 20.7 Å². The Balaban J connectivity index is 0.000000220. The molecule has 1 amide bonds. The minimum Gasteiger partial charge on any atom is -0.478 e. The molecule has 0 aromatic carbocycles. The maximum atomic E-state index is 10.6. The molecule has 8 nitrogen and oxygen atoms in total. The Kier molecular flexibility index (Phi) is 6.69. The molecule has 0 spiro atoms. The molecule has 0 radical (unpaired) electrons. The summed E-state index contributed by atoms with van der Waals surface area (Å²) >= 11 is 21.6. The Bertz CT molecular complexity index is 666. The van der Waals surface area contributed by atoms with E-state index in [0.29, 0.717) is 0 Å². The average molecular weight is 385 g/mol. The van der Waals surface area contributed by atoms with Crippen LogP contribution in [0, 0.1) is 0 Å². The fraction of sp³-hybridized carbons (Fsp3) is 0. The molecular formula is C10H5Cl4N5O3. The van der Waals surface area contributed by atoms with E-state index in [1.165, 1.54) is 6.07 Å². The highest BCUT2D eigenvalue weighted by Crippen LogP contribution is 2.15. The molecule has 2 aromatic rings. The van der Waals surface area contributed by atoms with Crippen LogP contribution in [0.2, 0.25) is 20.6 Å². The summed E-state index contributed by atoms with van der Waals surface area (Å²) in [5, 5.41) is 21.8. The lowest BCUT2D eigenvalue weighted by Crippen LogP contribution is -2.12. The molecule has 22 heavy (non-hydrogen) atoms. The van der Waals surface area contributed by atoms with Crippen molar-refractivity contribution in [1.29, 1.82) is 0 Å². The number of carboxylic acid groups (broad SMARTS) is 1. The number of aromatic nitrogens is 4. The summed E-state index contributed by atoms with van der Waals surface area (Å²) in [6.45, 7) is 0. The highest BCUT2D eigenvalue weighted by Gasteiger charge is 2.10. The first-order chi connectivity index (χ1) is 10.2. The van der Waals surface area contributed by atoms with Gasteiger partial charge in [0.2, 0.25) is 0 Å². The van der Waals surface area contributed by atoms with Gasteiger partial charge >= 0.3 is 5.97 Å². The van der Waals surface area contributed by atoms with Crippen molar-refractivity contribution in [3.63, 3.8) is 0 Å². The van der Waals surface area contributed by atoms with Crippen molar-refractivity contribution in [1.82, 2.24) is 20.4 Å². The fourth-order valence-corrected chi connectivity index (χ4v) is 1.68. The second kappa shape index (κ2) is 8.04. The predicted molar refractivity (Wildman–Crippen MR) is 79.6 cm³/mol. The third-order valence-electron chi connectivity index (χ3n) is 1.93. The monoisotopic (exact) mass is 383 g/mol. The van der Waals surface area contributed by atoms with Gasteiger partial charge in [-0.2, -0.15) is 0 Å². The van der Waals surface area contributed by atoms with Gasteiger partial charge in [-0.25, -0.2) is 4.79 Å². The van der Waals surface area contributed by atoms with E-state index in [0.717, 1.165) is 6.07 Å². The number of rotatable bonds is 2. The zero-order valence-electron chi connectivity index (χ0n) is 10.3. The smallest absolute Gasteiger partial charge is 0.339 e. The molecule has 3 N–H and O–H groups in total. The van der Waals surface area contributed by atoms with Crippen molar-refractivity contribution >= 4 is 58.3 Å². The van der Waals surface area contributed by atoms with Gasteiger partial charge in [-0.1, -0.05) is 46.4 Å². The maximum absolute atomic E-state index is 10.6. The Hall–Kier alpha value is -1.74. The van der Waals surface area contributed by atoms with Crippen molar-refractivity contribution in [2.45, 2.75) is 0 Å². The van der Waals surface area contributed by atoms with E-state index in [1.807, 2.05) is 0 Å². The number of halogens is 4. The van der Waals surface area contributed by atoms with Crippen molar-refractivity contribution in [2.75, 3.05) is 0 Å². The molecule has 0 fully saturated rings. The number of amides is 1. The van der Waals surface area contributed by atoms with Crippen molar-refractivity contribution in [3.05, 3.63) is 43.9 Å². The van der Waals surface area contributed by atoms with E-state index in [9.17, 15) is 9.59 Å². The van der Waals surface area contributed by atoms with Gasteiger partial charge in [0.15, 0.2) is 20.6 Å². The van der Waals surface area contributed by atoms with Crippen LogP contribution in [0.5, 0.6) is 0 Å². The van der Waals surface area contributed by atoms with Gasteiger partial charge in [0.1, 0.15) is 5.56 Å². The molecule has 12 heteroatoms. The molecular weight excluding hydrogens is 380 g/mol. The number of nitrogens with two attached hydrogens (primary N) is 1. The third-order valence-corrected chi connectivity index (χ3v) is 2.86. The van der Waals surface area contributed by atoms with Crippen LogP contribution in [0.25, 0.3) is 0 Å². The van der Waals surface area contributed by atoms with Crippen LogP contribution in [0.4, 0.5) is 0 Å². The lowest BCUT2D eigenvalue weighted by molar-refractivity contribution is 0.0696. The van der Waals surface area contributed by atoms with E-state index in [4.69, 9.17) is 57.2 Å². The van der Waals surface area contributed by atoms with Crippen molar-refractivity contribution in [2.24, 2.45) is 5.73 Å². The number of hydrogen-bond donors (Lipinski definition) is 2. The van der Waals surface area contributed by atoms with Crippen LogP contribution in [0.3, 0.4) is 0 Å². The van der Waals surface area contributed by atoms with Crippen LogP contribution in [-0.2, 0) is 0 Å². The normalized spacial score (nSPS) is 9.64. The molecule has 0 saturated carbocycles. The summed E-state index contributed by atoms with van der Waals surface area (Å²) in [5.74, 6) is -1.85. The van der Waals surface area contributed by atoms with Crippen LogP contribution < -0.4 is 5.73 Å². The van der Waals surface area contributed by atoms with Gasteiger partial charge in [-0.05, 0) is 12.1 Å². The molecule has 0 aliphatic carbocycles. The topological polar surface area (TPSA) is 132 Å². The zero-order valence-corrected chi connectivity index (χ0v) is 13.3. The predicted octanol–water partition coefficient (Wildman–Crippen LogP) is 2.36. The number of carbonyl (C=O) groups is 2. The summed E-state index contributed by atoms with van der Waals surface area (Å²) in [4.78, 5) is 20.9. The molecule has 0 aliphatic rings. The number of nitrogens with zero attached hydrogens (tertiary/aromatic N) is 4. The highest BCUT2D eigenvalue weighted by molar-refractivity contribution is 6.34. The van der Waals surface area contributed by atoms with Crippen LogP contribution in [0.15, 0.2) is 12.1 Å². The van der Waals surface area contributed by atoms with Gasteiger partial charge in [-0.3, -0.25) is 4.79 Å². The minimum absolute atomic E-state index is 0.00630. The molecule has 2 rings (SSSR count). The van der Waals surface area contributed by atoms with E-state index in [2.05, 4.69) is 20.4 Å². The summed E-state index contributed by atoms with van der Waals surface area (Å²) in [6.07, 6.45) is 0. The highest BCUT2D eigenvalue weighted by atomic mass is 35.5. The molecule has 0 aliphatic heterocycles. The fourth-order valence-electron chi connectivity index (χ4n) is 1.03. The van der Waals surface area contributed by atoms with E-state index >= 15 is 0 Å². The molecule has 0 atom stereocenters. The number of aromatic carboxylic acids is 1. The molecule has 0 unspecified atom stereocenters. The quantitative estimate of drug-likeness (QED) is 0.811. The molecule has 0 bridgehead atoms. The Morgan fingerprint density at radius 2 is 1.27 bits per heavy atom. The van der Waals surface area contributed by atoms with Crippen LogP contribution >= 0.6 is 46.4 Å². The Morgan fingerprint density at radius 1 is 0.864 bits per heavy atom. The number of carboxylic acids is 1. The van der Waals surface area contributed by atoms with Gasteiger partial charge in [0.05, 0.1) is 5.56 Å². The second-order valence-corrected chi connectivity index (χ2v) is 4.90. The lowest BCUT2D eigenvalue weighted by atomic mass is 10.3. The third kappa shape index (κ3) is 5.23. The van der Waals surface area contributed by atoms with Crippen molar-refractivity contribution in [3.8, 4) is 0 Å². The first kappa shape index (κ1) is 18.3. The number of primary amides is 1. The standard InChI is InChI=1S/C5H3Cl2N3O.C5H2Cl2N2O2/c6-3-1-2(5(8)11)4(7)10-9-3;6-3-1-2(5(10)11)4(7)9-8-3/h1H,(H2,8,11);1H,(H,10,11). The SMILES string of the molecule is NC(=O)c1cc(Cl)nnc1Cl.O=C(O)c1cc(Cl)nnc1Cl. The van der Waals surface area contributed by atoms with Gasteiger partial charge in [0, 0.05) is 0 Å². The van der Waals surface area contributed by atoms with Crippen molar-refractivity contribution < 1.29 is 14.7 Å². The Labute approximate surface area is 143 Å². The molecule has 2 aromatic heterocycles. The largest absolute Gasteiger partial charge is 0.478 e. The first-order valence-electron chi connectivity index (χ1n) is 5.13. The van der Waals surface area contributed by atoms with Gasteiger partial charge in [0.25, 0.3) is 5.91 Å². The zero-order chi connectivity index (χ0) is 16.9. The van der Waals surface area contributed by atoms with E-state index in [1.54, 1.807) is 0 Å². The van der Waals surface area contributed by atoms with E-state index in [-0.39, 0.29) is 31.7 Å². The average Bonchev–Trinajstić information content (AvgIpc) is 2.44.